The molecule has 4 rings (SSSR count). The van der Waals surface area contributed by atoms with Crippen LogP contribution >= 0.6 is 0 Å². The van der Waals surface area contributed by atoms with Crippen LogP contribution in [0.2, 0.25) is 0 Å². The average molecular weight is 372 g/mol. The molecular formula is C24H21FN2O. The summed E-state index contributed by atoms with van der Waals surface area (Å²) in [6.07, 6.45) is 1.79. The molecule has 0 spiro atoms. The van der Waals surface area contributed by atoms with Crippen molar-refractivity contribution < 1.29 is 9.18 Å². The standard InChI is InChI=1S/C24H21FN2O/c1-16-7-11-18(12-8-16)26-22-15-23(20-5-3-4-6-21(20)25)27(24(22)28)19-13-9-17(2)10-14-19/h3-15,23,26H,1-2H3/t23-/m1/s1. The molecule has 0 saturated heterocycles. The van der Waals surface area contributed by atoms with Crippen molar-refractivity contribution in [1.29, 1.82) is 0 Å². The Balaban J connectivity index is 1.74. The zero-order valence-electron chi connectivity index (χ0n) is 15.8. The second-order valence-corrected chi connectivity index (χ2v) is 7.05. The van der Waals surface area contributed by atoms with E-state index in [2.05, 4.69) is 5.32 Å². The molecular weight excluding hydrogens is 351 g/mol. The first-order chi connectivity index (χ1) is 13.5. The lowest BCUT2D eigenvalue weighted by atomic mass is 10.1. The minimum Gasteiger partial charge on any atom is -0.351 e. The van der Waals surface area contributed by atoms with E-state index >= 15 is 0 Å². The Morgan fingerprint density at radius 1 is 0.857 bits per heavy atom. The SMILES string of the molecule is Cc1ccc(NC2=C[C@H](c3ccccc3F)N(c3ccc(C)cc3)C2=O)cc1. The molecule has 4 heteroatoms. The van der Waals surface area contributed by atoms with Crippen molar-refractivity contribution in [3.8, 4) is 0 Å². The number of rotatable bonds is 4. The van der Waals surface area contributed by atoms with E-state index in [1.54, 1.807) is 29.2 Å². The highest BCUT2D eigenvalue weighted by Crippen LogP contribution is 2.37. The summed E-state index contributed by atoms with van der Waals surface area (Å²) in [4.78, 5) is 14.9. The normalized spacial score (nSPS) is 16.2. The van der Waals surface area contributed by atoms with Crippen molar-refractivity contribution in [3.05, 3.63) is 107 Å². The van der Waals surface area contributed by atoms with Crippen molar-refractivity contribution in [1.82, 2.24) is 0 Å². The summed E-state index contributed by atoms with van der Waals surface area (Å²) in [6.45, 7) is 4.00. The Kier molecular flexibility index (Phi) is 4.70. The van der Waals surface area contributed by atoms with E-state index in [9.17, 15) is 9.18 Å². The summed E-state index contributed by atoms with van der Waals surface area (Å²) in [7, 11) is 0. The zero-order chi connectivity index (χ0) is 19.7. The van der Waals surface area contributed by atoms with E-state index < -0.39 is 6.04 Å². The highest BCUT2D eigenvalue weighted by atomic mass is 19.1. The molecule has 0 fully saturated rings. The van der Waals surface area contributed by atoms with Crippen molar-refractivity contribution >= 4 is 17.3 Å². The largest absolute Gasteiger partial charge is 0.351 e. The van der Waals surface area contributed by atoms with Crippen LogP contribution in [0, 0.1) is 19.7 Å². The molecule has 0 bridgehead atoms. The number of hydrogen-bond donors (Lipinski definition) is 1. The molecule has 3 nitrogen and oxygen atoms in total. The number of benzene rings is 3. The van der Waals surface area contributed by atoms with Gasteiger partial charge in [-0.1, -0.05) is 53.6 Å². The number of carbonyl (C=O) groups is 1. The van der Waals surface area contributed by atoms with Gasteiger partial charge in [-0.25, -0.2) is 4.39 Å². The lowest BCUT2D eigenvalue weighted by Gasteiger charge is -2.25. The lowest BCUT2D eigenvalue weighted by molar-refractivity contribution is -0.114. The summed E-state index contributed by atoms with van der Waals surface area (Å²) >= 11 is 0. The van der Waals surface area contributed by atoms with Crippen molar-refractivity contribution in [2.75, 3.05) is 10.2 Å². The molecule has 1 aliphatic rings. The number of nitrogens with one attached hydrogen (secondary N) is 1. The van der Waals surface area contributed by atoms with Crippen molar-refractivity contribution in [3.63, 3.8) is 0 Å². The number of halogens is 1. The van der Waals surface area contributed by atoms with Gasteiger partial charge in [-0.3, -0.25) is 9.69 Å². The fourth-order valence-corrected chi connectivity index (χ4v) is 3.37. The van der Waals surface area contributed by atoms with Gasteiger partial charge >= 0.3 is 0 Å². The topological polar surface area (TPSA) is 32.3 Å². The third kappa shape index (κ3) is 3.41. The predicted molar refractivity (Wildman–Crippen MR) is 111 cm³/mol. The first kappa shape index (κ1) is 18.0. The summed E-state index contributed by atoms with van der Waals surface area (Å²) in [6, 6.07) is 21.6. The van der Waals surface area contributed by atoms with E-state index in [1.807, 2.05) is 62.4 Å². The van der Waals surface area contributed by atoms with Crippen LogP contribution in [-0.2, 0) is 4.79 Å². The van der Waals surface area contributed by atoms with E-state index in [4.69, 9.17) is 0 Å². The van der Waals surface area contributed by atoms with Gasteiger partial charge in [0.25, 0.3) is 5.91 Å². The minimum absolute atomic E-state index is 0.183. The Hall–Kier alpha value is -3.40. The Bertz CT molecular complexity index is 1040. The Labute approximate surface area is 164 Å². The number of amides is 1. The molecule has 0 unspecified atom stereocenters. The van der Waals surface area contributed by atoms with Gasteiger partial charge in [0.15, 0.2) is 0 Å². The quantitative estimate of drug-likeness (QED) is 0.653. The second-order valence-electron chi connectivity index (χ2n) is 7.05. The van der Waals surface area contributed by atoms with Crippen molar-refractivity contribution in [2.24, 2.45) is 0 Å². The highest BCUT2D eigenvalue weighted by Gasteiger charge is 2.35. The summed E-state index contributed by atoms with van der Waals surface area (Å²) < 4.78 is 14.5. The number of aryl methyl sites for hydroxylation is 2. The van der Waals surface area contributed by atoms with E-state index in [0.717, 1.165) is 22.5 Å². The van der Waals surface area contributed by atoms with Crippen LogP contribution in [0.1, 0.15) is 22.7 Å². The summed E-state index contributed by atoms with van der Waals surface area (Å²) in [5, 5.41) is 3.20. The first-order valence-electron chi connectivity index (χ1n) is 9.23. The van der Waals surface area contributed by atoms with E-state index in [1.165, 1.54) is 6.07 Å². The van der Waals surface area contributed by atoms with E-state index in [0.29, 0.717) is 11.3 Å². The molecule has 0 saturated carbocycles. The van der Waals surface area contributed by atoms with Gasteiger partial charge in [0.1, 0.15) is 11.5 Å². The highest BCUT2D eigenvalue weighted by molar-refractivity contribution is 6.11. The third-order valence-corrected chi connectivity index (χ3v) is 4.92. The summed E-state index contributed by atoms with van der Waals surface area (Å²) in [5.41, 5.74) is 4.71. The minimum atomic E-state index is -0.510. The van der Waals surface area contributed by atoms with Gasteiger partial charge in [-0.05, 0) is 50.3 Å². The van der Waals surface area contributed by atoms with Crippen LogP contribution in [0.4, 0.5) is 15.8 Å². The van der Waals surface area contributed by atoms with Crippen LogP contribution in [-0.4, -0.2) is 5.91 Å². The lowest BCUT2D eigenvalue weighted by Crippen LogP contribution is -2.31. The molecule has 0 aromatic heterocycles. The maximum Gasteiger partial charge on any atom is 0.275 e. The van der Waals surface area contributed by atoms with Gasteiger partial charge in [-0.2, -0.15) is 0 Å². The molecule has 3 aromatic carbocycles. The Morgan fingerprint density at radius 2 is 1.46 bits per heavy atom. The molecule has 1 heterocycles. The van der Waals surface area contributed by atoms with Crippen LogP contribution < -0.4 is 10.2 Å². The van der Waals surface area contributed by atoms with Gasteiger partial charge in [0.05, 0.1) is 6.04 Å². The monoisotopic (exact) mass is 372 g/mol. The van der Waals surface area contributed by atoms with Crippen LogP contribution in [0.15, 0.2) is 84.6 Å². The maximum absolute atomic E-state index is 14.5. The second kappa shape index (κ2) is 7.31. The number of hydrogen-bond acceptors (Lipinski definition) is 2. The average Bonchev–Trinajstić information content (AvgIpc) is 3.01. The van der Waals surface area contributed by atoms with Crippen LogP contribution in [0.5, 0.6) is 0 Å². The van der Waals surface area contributed by atoms with Crippen molar-refractivity contribution in [2.45, 2.75) is 19.9 Å². The zero-order valence-corrected chi connectivity index (χ0v) is 15.8. The smallest absolute Gasteiger partial charge is 0.275 e. The third-order valence-electron chi connectivity index (χ3n) is 4.92. The van der Waals surface area contributed by atoms with E-state index in [-0.39, 0.29) is 11.7 Å². The number of carbonyl (C=O) groups excluding carboxylic acids is 1. The molecule has 1 atom stereocenters. The molecule has 0 aliphatic carbocycles. The molecule has 3 aromatic rings. The molecule has 1 amide bonds. The van der Waals surface area contributed by atoms with Gasteiger partial charge in [0.2, 0.25) is 0 Å². The number of anilines is 2. The number of nitrogens with zero attached hydrogens (tertiary/aromatic N) is 1. The fourth-order valence-electron chi connectivity index (χ4n) is 3.37. The van der Waals surface area contributed by atoms with Gasteiger partial charge in [-0.15, -0.1) is 0 Å². The van der Waals surface area contributed by atoms with Crippen LogP contribution in [0.25, 0.3) is 0 Å². The van der Waals surface area contributed by atoms with Gasteiger partial charge < -0.3 is 5.32 Å². The Morgan fingerprint density at radius 3 is 2.11 bits per heavy atom. The molecule has 1 N–H and O–H groups in total. The molecule has 0 radical (unpaired) electrons. The summed E-state index contributed by atoms with van der Waals surface area (Å²) in [5.74, 6) is -0.511. The van der Waals surface area contributed by atoms with Crippen LogP contribution in [0.3, 0.4) is 0 Å². The predicted octanol–water partition coefficient (Wildman–Crippen LogP) is 5.53. The first-order valence-corrected chi connectivity index (χ1v) is 9.23. The maximum atomic E-state index is 14.5. The molecule has 140 valence electrons. The molecule has 1 aliphatic heterocycles. The fraction of sp³-hybridized carbons (Fsp3) is 0.125. The molecule has 28 heavy (non-hydrogen) atoms. The van der Waals surface area contributed by atoms with Gasteiger partial charge in [0, 0.05) is 16.9 Å².